The van der Waals surface area contributed by atoms with E-state index in [4.69, 9.17) is 9.47 Å². The van der Waals surface area contributed by atoms with Crippen LogP contribution < -0.4 is 15.4 Å². The molecular weight excluding hydrogens is 334 g/mol. The second-order valence-electron chi connectivity index (χ2n) is 6.40. The number of rotatable bonds is 6. The Bertz CT molecular complexity index is 693. The topological polar surface area (TPSA) is 79.9 Å². The van der Waals surface area contributed by atoms with Gasteiger partial charge in [-0.2, -0.15) is 0 Å². The third kappa shape index (κ3) is 3.99. The second kappa shape index (κ2) is 8.23. The average molecular weight is 359 g/mol. The van der Waals surface area contributed by atoms with Crippen molar-refractivity contribution in [2.45, 2.75) is 25.8 Å². The van der Waals surface area contributed by atoms with E-state index in [1.807, 2.05) is 31.2 Å². The van der Waals surface area contributed by atoms with E-state index in [2.05, 4.69) is 15.5 Å². The molecule has 0 saturated carbocycles. The number of methoxy groups -OCH3 is 1. The highest BCUT2D eigenvalue weighted by molar-refractivity contribution is 5.95. The molecule has 1 aromatic rings. The van der Waals surface area contributed by atoms with E-state index in [1.165, 1.54) is 7.11 Å². The van der Waals surface area contributed by atoms with E-state index >= 15 is 0 Å². The van der Waals surface area contributed by atoms with E-state index in [0.29, 0.717) is 24.4 Å². The van der Waals surface area contributed by atoms with Crippen LogP contribution in [0.4, 0.5) is 4.79 Å². The lowest BCUT2D eigenvalue weighted by atomic mass is 9.95. The van der Waals surface area contributed by atoms with Gasteiger partial charge >= 0.3 is 12.0 Å². The van der Waals surface area contributed by atoms with Gasteiger partial charge in [-0.15, -0.1) is 0 Å². The lowest BCUT2D eigenvalue weighted by Crippen LogP contribution is -2.48. The van der Waals surface area contributed by atoms with Gasteiger partial charge in [0, 0.05) is 12.2 Å². The maximum Gasteiger partial charge on any atom is 0.338 e. The van der Waals surface area contributed by atoms with Crippen LogP contribution in [-0.4, -0.2) is 50.3 Å². The predicted octanol–water partition coefficient (Wildman–Crippen LogP) is 1.96. The molecular formula is C19H25N3O4. The zero-order chi connectivity index (χ0) is 18.5. The summed E-state index contributed by atoms with van der Waals surface area (Å²) in [4.78, 5) is 26.9. The minimum atomic E-state index is -0.551. The molecule has 1 saturated heterocycles. The highest BCUT2D eigenvalue weighted by Gasteiger charge is 2.34. The van der Waals surface area contributed by atoms with Gasteiger partial charge in [0.05, 0.1) is 25.3 Å². The molecule has 1 fully saturated rings. The van der Waals surface area contributed by atoms with Crippen molar-refractivity contribution in [2.75, 3.05) is 33.4 Å². The molecule has 0 spiro atoms. The summed E-state index contributed by atoms with van der Waals surface area (Å²) in [7, 11) is 1.36. The minimum Gasteiger partial charge on any atom is -0.494 e. The normalized spacial score (nSPS) is 20.5. The smallest absolute Gasteiger partial charge is 0.338 e. The van der Waals surface area contributed by atoms with Crippen molar-refractivity contribution in [1.29, 1.82) is 0 Å². The molecule has 2 amide bonds. The van der Waals surface area contributed by atoms with Gasteiger partial charge in [-0.25, -0.2) is 9.59 Å². The molecule has 0 radical (unpaired) electrons. The molecule has 140 valence electrons. The van der Waals surface area contributed by atoms with Crippen LogP contribution in [0.15, 0.2) is 35.5 Å². The van der Waals surface area contributed by atoms with Crippen molar-refractivity contribution in [1.82, 2.24) is 15.5 Å². The van der Waals surface area contributed by atoms with Crippen molar-refractivity contribution in [3.05, 3.63) is 41.1 Å². The third-order valence-corrected chi connectivity index (χ3v) is 4.66. The Morgan fingerprint density at radius 3 is 2.54 bits per heavy atom. The number of benzene rings is 1. The first-order valence-corrected chi connectivity index (χ1v) is 8.96. The van der Waals surface area contributed by atoms with Gasteiger partial charge in [0.25, 0.3) is 0 Å². The fraction of sp³-hybridized carbons (Fsp3) is 0.474. The summed E-state index contributed by atoms with van der Waals surface area (Å²) in [5.74, 6) is 0.308. The molecule has 0 aliphatic carbocycles. The first kappa shape index (κ1) is 18.3. The molecule has 0 aromatic heterocycles. The number of esters is 1. The summed E-state index contributed by atoms with van der Waals surface area (Å²) in [6.07, 6.45) is 2.27. The van der Waals surface area contributed by atoms with E-state index in [9.17, 15) is 9.59 Å². The molecule has 7 heteroatoms. The first-order chi connectivity index (χ1) is 12.6. The van der Waals surface area contributed by atoms with Crippen molar-refractivity contribution < 1.29 is 19.1 Å². The molecule has 1 unspecified atom stereocenters. The number of nitrogens with zero attached hydrogens (tertiary/aromatic N) is 1. The van der Waals surface area contributed by atoms with Crippen LogP contribution in [0.3, 0.4) is 0 Å². The summed E-state index contributed by atoms with van der Waals surface area (Å²) in [6.45, 7) is 4.97. The first-order valence-electron chi connectivity index (χ1n) is 8.96. The standard InChI is InChI=1S/C19H25N3O4/c1-3-26-14-8-6-13(7-9-14)17-16(18(23)25-2)15(20-19(24)21-17)12-22-10-4-5-11-22/h6-9,17H,3-5,10-12H2,1-2H3,(H2,20,21,24). The van der Waals surface area contributed by atoms with E-state index < -0.39 is 12.0 Å². The summed E-state index contributed by atoms with van der Waals surface area (Å²) < 4.78 is 10.5. The van der Waals surface area contributed by atoms with Crippen LogP contribution in [0, 0.1) is 0 Å². The predicted molar refractivity (Wildman–Crippen MR) is 96.7 cm³/mol. The Hall–Kier alpha value is -2.54. The Kier molecular flexibility index (Phi) is 5.78. The van der Waals surface area contributed by atoms with Gasteiger partial charge in [-0.1, -0.05) is 12.1 Å². The molecule has 1 aromatic carbocycles. The number of nitrogens with one attached hydrogen (secondary N) is 2. The number of carbonyl (C=O) groups excluding carboxylic acids is 2. The van der Waals surface area contributed by atoms with Crippen LogP contribution >= 0.6 is 0 Å². The maximum absolute atomic E-state index is 12.5. The van der Waals surface area contributed by atoms with Gasteiger partial charge in [-0.05, 0) is 50.6 Å². The Morgan fingerprint density at radius 2 is 1.92 bits per heavy atom. The number of amides is 2. The summed E-state index contributed by atoms with van der Waals surface area (Å²) >= 11 is 0. The minimum absolute atomic E-state index is 0.314. The largest absolute Gasteiger partial charge is 0.494 e. The van der Waals surface area contributed by atoms with Crippen LogP contribution in [0.2, 0.25) is 0 Å². The molecule has 2 aliphatic rings. The van der Waals surface area contributed by atoms with Crippen LogP contribution in [0.25, 0.3) is 0 Å². The molecule has 2 aliphatic heterocycles. The highest BCUT2D eigenvalue weighted by atomic mass is 16.5. The fourth-order valence-corrected chi connectivity index (χ4v) is 3.43. The zero-order valence-electron chi connectivity index (χ0n) is 15.2. The van der Waals surface area contributed by atoms with Gasteiger partial charge in [-0.3, -0.25) is 4.90 Å². The van der Waals surface area contributed by atoms with Crippen LogP contribution in [0.5, 0.6) is 5.75 Å². The van der Waals surface area contributed by atoms with Crippen molar-refractivity contribution in [3.63, 3.8) is 0 Å². The van der Waals surface area contributed by atoms with Crippen molar-refractivity contribution in [3.8, 4) is 5.75 Å². The van der Waals surface area contributed by atoms with Gasteiger partial charge in [0.1, 0.15) is 5.75 Å². The SMILES string of the molecule is CCOc1ccc(C2NC(=O)NC(CN3CCCC3)=C2C(=O)OC)cc1. The Labute approximate surface area is 153 Å². The number of likely N-dealkylation sites (tertiary alicyclic amines) is 1. The van der Waals surface area contributed by atoms with Crippen molar-refractivity contribution >= 4 is 12.0 Å². The number of ether oxygens (including phenoxy) is 2. The van der Waals surface area contributed by atoms with Crippen LogP contribution in [0.1, 0.15) is 31.4 Å². The molecule has 0 bridgehead atoms. The van der Waals surface area contributed by atoms with Crippen LogP contribution in [-0.2, 0) is 9.53 Å². The fourth-order valence-electron chi connectivity index (χ4n) is 3.43. The van der Waals surface area contributed by atoms with E-state index in [-0.39, 0.29) is 6.03 Å². The van der Waals surface area contributed by atoms with Crippen molar-refractivity contribution in [2.24, 2.45) is 0 Å². The molecule has 2 heterocycles. The molecule has 3 rings (SSSR count). The monoisotopic (exact) mass is 359 g/mol. The lowest BCUT2D eigenvalue weighted by Gasteiger charge is -2.31. The zero-order valence-corrected chi connectivity index (χ0v) is 15.2. The number of hydrogen-bond acceptors (Lipinski definition) is 5. The van der Waals surface area contributed by atoms with Gasteiger partial charge < -0.3 is 20.1 Å². The summed E-state index contributed by atoms with van der Waals surface area (Å²) in [5.41, 5.74) is 1.87. The Balaban J connectivity index is 1.94. The molecule has 26 heavy (non-hydrogen) atoms. The summed E-state index contributed by atoms with van der Waals surface area (Å²) in [6, 6.07) is 6.52. The van der Waals surface area contributed by atoms with E-state index in [0.717, 1.165) is 37.2 Å². The molecule has 7 nitrogen and oxygen atoms in total. The number of hydrogen-bond donors (Lipinski definition) is 2. The summed E-state index contributed by atoms with van der Waals surface area (Å²) in [5, 5.41) is 5.64. The van der Waals surface area contributed by atoms with Gasteiger partial charge in [0.2, 0.25) is 0 Å². The average Bonchev–Trinajstić information content (AvgIpc) is 3.14. The van der Waals surface area contributed by atoms with E-state index in [1.54, 1.807) is 0 Å². The number of carbonyl (C=O) groups is 2. The number of urea groups is 1. The highest BCUT2D eigenvalue weighted by Crippen LogP contribution is 2.29. The molecule has 1 atom stereocenters. The quantitative estimate of drug-likeness (QED) is 0.759. The lowest BCUT2D eigenvalue weighted by molar-refractivity contribution is -0.136. The second-order valence-corrected chi connectivity index (χ2v) is 6.40. The maximum atomic E-state index is 12.5. The molecule has 2 N–H and O–H groups in total. The Morgan fingerprint density at radius 1 is 1.23 bits per heavy atom. The van der Waals surface area contributed by atoms with Gasteiger partial charge in [0.15, 0.2) is 0 Å². The third-order valence-electron chi connectivity index (χ3n) is 4.66.